The Labute approximate surface area is 168 Å². The monoisotopic (exact) mass is 403 g/mol. The lowest BCUT2D eigenvalue weighted by Gasteiger charge is -2.14. The Morgan fingerprint density at radius 2 is 1.64 bits per heavy atom. The molecular formula is C20H22ClN3O4. The van der Waals surface area contributed by atoms with Gasteiger partial charge in [0, 0.05) is 36.1 Å². The van der Waals surface area contributed by atoms with E-state index in [9.17, 15) is 14.4 Å². The van der Waals surface area contributed by atoms with Crippen LogP contribution in [0.25, 0.3) is 0 Å². The number of hydrogen-bond acceptors (Lipinski definition) is 5. The van der Waals surface area contributed by atoms with Gasteiger partial charge in [-0.05, 0) is 55.5 Å². The highest BCUT2D eigenvalue weighted by atomic mass is 35.5. The third-order valence-electron chi connectivity index (χ3n) is 3.82. The zero-order valence-corrected chi connectivity index (χ0v) is 16.6. The number of benzene rings is 2. The van der Waals surface area contributed by atoms with Crippen LogP contribution in [0.3, 0.4) is 0 Å². The van der Waals surface area contributed by atoms with Crippen molar-refractivity contribution in [3.63, 3.8) is 0 Å². The topological polar surface area (TPSA) is 87.7 Å². The quantitative estimate of drug-likeness (QED) is 0.694. The summed E-state index contributed by atoms with van der Waals surface area (Å²) in [7, 11) is 3.83. The number of rotatable bonds is 7. The Morgan fingerprint density at radius 1 is 1.04 bits per heavy atom. The maximum Gasteiger partial charge on any atom is 0.328 e. The van der Waals surface area contributed by atoms with Crippen molar-refractivity contribution < 1.29 is 19.1 Å². The lowest BCUT2D eigenvalue weighted by atomic mass is 10.2. The van der Waals surface area contributed by atoms with Crippen LogP contribution >= 0.6 is 11.6 Å². The summed E-state index contributed by atoms with van der Waals surface area (Å²) in [6.07, 6.45) is 0. The molecule has 0 heterocycles. The lowest BCUT2D eigenvalue weighted by molar-refractivity contribution is -0.148. The summed E-state index contributed by atoms with van der Waals surface area (Å²) in [6.45, 7) is 1.03. The molecule has 0 bridgehead atoms. The minimum absolute atomic E-state index is 0.364. The van der Waals surface area contributed by atoms with Gasteiger partial charge in [-0.2, -0.15) is 0 Å². The van der Waals surface area contributed by atoms with Gasteiger partial charge in [-0.3, -0.25) is 9.59 Å². The van der Waals surface area contributed by atoms with Crippen molar-refractivity contribution in [2.75, 3.05) is 30.9 Å². The Bertz CT molecular complexity index is 836. The third-order valence-corrected chi connectivity index (χ3v) is 4.07. The third kappa shape index (κ3) is 6.28. The van der Waals surface area contributed by atoms with Crippen LogP contribution in [0.2, 0.25) is 5.02 Å². The van der Waals surface area contributed by atoms with Crippen LogP contribution in [0.1, 0.15) is 17.3 Å². The minimum atomic E-state index is -0.907. The number of nitrogens with zero attached hydrogens (tertiary/aromatic N) is 1. The first-order valence-corrected chi connectivity index (χ1v) is 8.94. The average Bonchev–Trinajstić information content (AvgIpc) is 2.66. The van der Waals surface area contributed by atoms with Gasteiger partial charge < -0.3 is 20.3 Å². The smallest absolute Gasteiger partial charge is 0.328 e. The summed E-state index contributed by atoms with van der Waals surface area (Å²) in [6, 6.07) is 12.6. The molecule has 0 aliphatic heterocycles. The van der Waals surface area contributed by atoms with Crippen LogP contribution in [0.5, 0.6) is 0 Å². The number of hydrogen-bond donors (Lipinski definition) is 2. The Hall–Kier alpha value is -3.06. The van der Waals surface area contributed by atoms with Crippen LogP contribution in [0.4, 0.5) is 11.4 Å². The molecule has 0 aliphatic rings. The molecular weight excluding hydrogens is 382 g/mol. The normalized spacial score (nSPS) is 11.3. The Kier molecular flexibility index (Phi) is 7.40. The van der Waals surface area contributed by atoms with Crippen molar-refractivity contribution in [1.82, 2.24) is 5.32 Å². The maximum absolute atomic E-state index is 12.1. The number of ether oxygens (including phenoxy) is 1. The molecule has 2 aromatic rings. The Balaban J connectivity index is 1.79. The molecule has 0 spiro atoms. The van der Waals surface area contributed by atoms with E-state index in [0.29, 0.717) is 16.3 Å². The van der Waals surface area contributed by atoms with E-state index in [1.807, 2.05) is 31.1 Å². The number of esters is 1. The fourth-order valence-corrected chi connectivity index (χ4v) is 2.37. The Morgan fingerprint density at radius 3 is 2.21 bits per heavy atom. The molecule has 2 rings (SSSR count). The fraction of sp³-hybridized carbons (Fsp3) is 0.250. The van der Waals surface area contributed by atoms with E-state index >= 15 is 0 Å². The number of amides is 2. The van der Waals surface area contributed by atoms with Crippen molar-refractivity contribution in [2.45, 2.75) is 13.0 Å². The second-order valence-electron chi connectivity index (χ2n) is 6.30. The molecule has 2 amide bonds. The highest BCUT2D eigenvalue weighted by Gasteiger charge is 2.19. The van der Waals surface area contributed by atoms with E-state index < -0.39 is 30.4 Å². The van der Waals surface area contributed by atoms with Gasteiger partial charge in [0.1, 0.15) is 6.04 Å². The molecule has 148 valence electrons. The van der Waals surface area contributed by atoms with E-state index in [1.165, 1.54) is 6.92 Å². The number of halogens is 1. The number of nitrogens with one attached hydrogen (secondary N) is 2. The molecule has 2 aromatic carbocycles. The van der Waals surface area contributed by atoms with Crippen LogP contribution in [-0.4, -0.2) is 44.5 Å². The van der Waals surface area contributed by atoms with Gasteiger partial charge in [-0.25, -0.2) is 4.79 Å². The van der Waals surface area contributed by atoms with Gasteiger partial charge >= 0.3 is 5.97 Å². The number of carbonyl (C=O) groups is 3. The van der Waals surface area contributed by atoms with E-state index in [1.54, 1.807) is 36.4 Å². The zero-order valence-electron chi connectivity index (χ0n) is 15.9. The summed E-state index contributed by atoms with van der Waals surface area (Å²) in [5, 5.41) is 5.66. The first-order valence-electron chi connectivity index (χ1n) is 8.56. The molecule has 1 atom stereocenters. The molecule has 0 aromatic heterocycles. The lowest BCUT2D eigenvalue weighted by Crippen LogP contribution is -2.40. The second kappa shape index (κ2) is 9.75. The molecule has 0 fully saturated rings. The first kappa shape index (κ1) is 21.2. The maximum atomic E-state index is 12.1. The number of anilines is 2. The molecule has 2 N–H and O–H groups in total. The number of carbonyl (C=O) groups excluding carboxylic acids is 3. The largest absolute Gasteiger partial charge is 0.454 e. The van der Waals surface area contributed by atoms with Crippen molar-refractivity contribution in [3.05, 3.63) is 59.1 Å². The summed E-state index contributed by atoms with van der Waals surface area (Å²) in [5.41, 5.74) is 1.95. The highest BCUT2D eigenvalue weighted by molar-refractivity contribution is 6.30. The summed E-state index contributed by atoms with van der Waals surface area (Å²) >= 11 is 5.78. The predicted molar refractivity (Wildman–Crippen MR) is 109 cm³/mol. The van der Waals surface area contributed by atoms with Crippen LogP contribution < -0.4 is 15.5 Å². The van der Waals surface area contributed by atoms with E-state index in [4.69, 9.17) is 16.3 Å². The van der Waals surface area contributed by atoms with E-state index in [0.717, 1.165) is 5.69 Å². The van der Waals surface area contributed by atoms with Gasteiger partial charge in [0.25, 0.3) is 11.8 Å². The van der Waals surface area contributed by atoms with Crippen LogP contribution in [0, 0.1) is 0 Å². The molecule has 0 saturated heterocycles. The SMILES string of the molecule is C[C@H](NC(=O)c1ccc(Cl)cc1)C(=O)OCC(=O)Nc1ccc(N(C)C)cc1. The van der Waals surface area contributed by atoms with Crippen molar-refractivity contribution in [3.8, 4) is 0 Å². The predicted octanol–water partition coefficient (Wildman–Crippen LogP) is 2.71. The highest BCUT2D eigenvalue weighted by Crippen LogP contribution is 2.15. The standard InChI is InChI=1S/C20H22ClN3O4/c1-13(22-19(26)14-4-6-15(21)7-5-14)20(27)28-12-18(25)23-16-8-10-17(11-9-16)24(2)3/h4-11,13H,12H2,1-3H3,(H,22,26)(H,23,25)/t13-/m0/s1. The van der Waals surface area contributed by atoms with Crippen molar-refractivity contribution >= 4 is 40.8 Å². The fourth-order valence-electron chi connectivity index (χ4n) is 2.24. The molecule has 0 unspecified atom stereocenters. The van der Waals surface area contributed by atoms with Crippen LogP contribution in [-0.2, 0) is 14.3 Å². The summed E-state index contributed by atoms with van der Waals surface area (Å²) in [5.74, 6) is -1.62. The van der Waals surface area contributed by atoms with Gasteiger partial charge in [0.2, 0.25) is 0 Å². The average molecular weight is 404 g/mol. The van der Waals surface area contributed by atoms with Crippen molar-refractivity contribution in [1.29, 1.82) is 0 Å². The molecule has 0 saturated carbocycles. The zero-order chi connectivity index (χ0) is 20.7. The second-order valence-corrected chi connectivity index (χ2v) is 6.74. The van der Waals surface area contributed by atoms with Crippen molar-refractivity contribution in [2.24, 2.45) is 0 Å². The van der Waals surface area contributed by atoms with Gasteiger partial charge in [-0.1, -0.05) is 11.6 Å². The molecule has 8 heteroatoms. The molecule has 28 heavy (non-hydrogen) atoms. The van der Waals surface area contributed by atoms with Crippen LogP contribution in [0.15, 0.2) is 48.5 Å². The summed E-state index contributed by atoms with van der Waals surface area (Å²) in [4.78, 5) is 38.0. The van der Waals surface area contributed by atoms with Gasteiger partial charge in [0.05, 0.1) is 0 Å². The van der Waals surface area contributed by atoms with Gasteiger partial charge in [-0.15, -0.1) is 0 Å². The molecule has 0 aliphatic carbocycles. The minimum Gasteiger partial charge on any atom is -0.454 e. The molecule has 0 radical (unpaired) electrons. The summed E-state index contributed by atoms with van der Waals surface area (Å²) < 4.78 is 4.96. The van der Waals surface area contributed by atoms with E-state index in [2.05, 4.69) is 10.6 Å². The van der Waals surface area contributed by atoms with E-state index in [-0.39, 0.29) is 0 Å². The first-order chi connectivity index (χ1) is 13.3. The molecule has 7 nitrogen and oxygen atoms in total. The van der Waals surface area contributed by atoms with Gasteiger partial charge in [0.15, 0.2) is 6.61 Å².